The molecular formula is C3H7BrN2O. The van der Waals surface area contributed by atoms with Gasteiger partial charge in [-0.1, -0.05) is 15.9 Å². The summed E-state index contributed by atoms with van der Waals surface area (Å²) in [5.74, 6) is 4.60. The highest BCUT2D eigenvalue weighted by Crippen LogP contribution is 1.84. The minimum absolute atomic E-state index is 0.142. The van der Waals surface area contributed by atoms with Crippen molar-refractivity contribution in [2.24, 2.45) is 5.84 Å². The lowest BCUT2D eigenvalue weighted by Crippen LogP contribution is -2.29. The second-order valence-corrected chi connectivity index (χ2v) is 1.80. The second-order valence-electron chi connectivity index (χ2n) is 1.01. The van der Waals surface area contributed by atoms with Gasteiger partial charge >= 0.3 is 0 Å². The average molecular weight is 167 g/mol. The summed E-state index contributed by atoms with van der Waals surface area (Å²) in [7, 11) is 0. The van der Waals surface area contributed by atoms with Gasteiger partial charge in [0, 0.05) is 11.8 Å². The maximum Gasteiger partial charge on any atom is 0.234 e. The number of nitrogens with two attached hydrogens (primary N) is 1. The summed E-state index contributed by atoms with van der Waals surface area (Å²) in [4.78, 5) is 10.1. The SMILES string of the molecule is NNC(=O)CCBr. The third kappa shape index (κ3) is 3.75. The first-order valence-corrected chi connectivity index (χ1v) is 2.99. The Morgan fingerprint density at radius 2 is 2.43 bits per heavy atom. The Morgan fingerprint density at radius 1 is 1.86 bits per heavy atom. The normalized spacial score (nSPS) is 8.29. The van der Waals surface area contributed by atoms with Crippen LogP contribution >= 0.6 is 15.9 Å². The van der Waals surface area contributed by atoms with E-state index in [-0.39, 0.29) is 5.91 Å². The van der Waals surface area contributed by atoms with Gasteiger partial charge in [0.2, 0.25) is 5.91 Å². The van der Waals surface area contributed by atoms with Gasteiger partial charge in [-0.15, -0.1) is 0 Å². The van der Waals surface area contributed by atoms with Crippen molar-refractivity contribution in [2.75, 3.05) is 5.33 Å². The minimum Gasteiger partial charge on any atom is -0.294 e. The van der Waals surface area contributed by atoms with Crippen LogP contribution in [-0.4, -0.2) is 11.2 Å². The summed E-state index contributed by atoms with van der Waals surface area (Å²) in [6.07, 6.45) is 0.441. The number of hydrogen-bond donors (Lipinski definition) is 2. The van der Waals surface area contributed by atoms with Crippen molar-refractivity contribution < 1.29 is 4.79 Å². The van der Waals surface area contributed by atoms with Crippen LogP contribution in [0.3, 0.4) is 0 Å². The molecule has 0 saturated heterocycles. The zero-order chi connectivity index (χ0) is 5.70. The minimum atomic E-state index is -0.142. The summed E-state index contributed by atoms with van der Waals surface area (Å²) >= 11 is 3.07. The number of alkyl halides is 1. The molecule has 42 valence electrons. The van der Waals surface area contributed by atoms with Crippen molar-refractivity contribution in [1.29, 1.82) is 0 Å². The highest BCUT2D eigenvalue weighted by atomic mass is 79.9. The predicted octanol–water partition coefficient (Wildman–Crippen LogP) is -0.239. The molecule has 0 rings (SSSR count). The molecule has 3 nitrogen and oxygen atoms in total. The largest absolute Gasteiger partial charge is 0.294 e. The van der Waals surface area contributed by atoms with E-state index in [0.29, 0.717) is 11.8 Å². The first-order valence-electron chi connectivity index (χ1n) is 1.86. The fourth-order valence-electron chi connectivity index (χ4n) is 0.158. The summed E-state index contributed by atoms with van der Waals surface area (Å²) < 4.78 is 0. The van der Waals surface area contributed by atoms with Crippen molar-refractivity contribution >= 4 is 21.8 Å². The lowest BCUT2D eigenvalue weighted by Gasteiger charge is -1.90. The van der Waals surface area contributed by atoms with Crippen molar-refractivity contribution in [3.05, 3.63) is 0 Å². The Bertz CT molecular complexity index is 66.0. The van der Waals surface area contributed by atoms with E-state index in [1.54, 1.807) is 0 Å². The topological polar surface area (TPSA) is 55.1 Å². The number of hydrazine groups is 1. The molecule has 0 fully saturated rings. The van der Waals surface area contributed by atoms with Gasteiger partial charge in [0.25, 0.3) is 0 Å². The number of amides is 1. The van der Waals surface area contributed by atoms with Crippen LogP contribution in [0.25, 0.3) is 0 Å². The molecule has 0 aliphatic heterocycles. The van der Waals surface area contributed by atoms with Gasteiger partial charge in [-0.25, -0.2) is 5.84 Å². The van der Waals surface area contributed by atoms with Crippen LogP contribution in [0.2, 0.25) is 0 Å². The maximum absolute atomic E-state index is 10.1. The van der Waals surface area contributed by atoms with Gasteiger partial charge in [-0.05, 0) is 0 Å². The quantitative estimate of drug-likeness (QED) is 0.258. The van der Waals surface area contributed by atoms with E-state index in [0.717, 1.165) is 0 Å². The highest BCUT2D eigenvalue weighted by Gasteiger charge is 1.91. The van der Waals surface area contributed by atoms with Crippen LogP contribution in [0.5, 0.6) is 0 Å². The molecule has 7 heavy (non-hydrogen) atoms. The summed E-state index contributed by atoms with van der Waals surface area (Å²) in [5.41, 5.74) is 2.00. The van der Waals surface area contributed by atoms with E-state index in [4.69, 9.17) is 5.84 Å². The number of carbonyl (C=O) groups excluding carboxylic acids is 1. The first kappa shape index (κ1) is 6.91. The number of rotatable bonds is 2. The maximum atomic E-state index is 10.1. The van der Waals surface area contributed by atoms with Gasteiger partial charge < -0.3 is 0 Å². The second kappa shape index (κ2) is 4.08. The lowest BCUT2D eigenvalue weighted by molar-refractivity contribution is -0.120. The fraction of sp³-hybridized carbons (Fsp3) is 0.667. The van der Waals surface area contributed by atoms with Crippen molar-refractivity contribution in [1.82, 2.24) is 5.43 Å². The molecule has 0 aromatic carbocycles. The van der Waals surface area contributed by atoms with Crippen LogP contribution in [0, 0.1) is 0 Å². The molecule has 0 atom stereocenters. The van der Waals surface area contributed by atoms with E-state index >= 15 is 0 Å². The van der Waals surface area contributed by atoms with Crippen molar-refractivity contribution in [2.45, 2.75) is 6.42 Å². The Morgan fingerprint density at radius 3 is 2.57 bits per heavy atom. The molecule has 3 N–H and O–H groups in total. The molecule has 0 aliphatic carbocycles. The molecule has 0 unspecified atom stereocenters. The number of nitrogens with one attached hydrogen (secondary N) is 1. The molecule has 0 bridgehead atoms. The Kier molecular flexibility index (Phi) is 4.03. The van der Waals surface area contributed by atoms with E-state index < -0.39 is 0 Å². The van der Waals surface area contributed by atoms with Gasteiger partial charge in [-0.2, -0.15) is 0 Å². The van der Waals surface area contributed by atoms with Gasteiger partial charge in [0.15, 0.2) is 0 Å². The van der Waals surface area contributed by atoms with Crippen LogP contribution < -0.4 is 11.3 Å². The Labute approximate surface area is 50.4 Å². The molecule has 0 spiro atoms. The predicted molar refractivity (Wildman–Crippen MR) is 30.7 cm³/mol. The number of hydrogen-bond acceptors (Lipinski definition) is 2. The summed E-state index contributed by atoms with van der Waals surface area (Å²) in [6.45, 7) is 0. The molecule has 0 saturated carbocycles. The van der Waals surface area contributed by atoms with Crippen LogP contribution in [0.15, 0.2) is 0 Å². The van der Waals surface area contributed by atoms with Gasteiger partial charge in [0.05, 0.1) is 0 Å². The highest BCUT2D eigenvalue weighted by molar-refractivity contribution is 9.09. The first-order chi connectivity index (χ1) is 3.31. The van der Waals surface area contributed by atoms with Crippen molar-refractivity contribution in [3.8, 4) is 0 Å². The molecule has 0 radical (unpaired) electrons. The molecule has 0 aromatic heterocycles. The molecule has 1 amide bonds. The Balaban J connectivity index is 3.00. The monoisotopic (exact) mass is 166 g/mol. The number of carbonyl (C=O) groups is 1. The third-order valence-corrected chi connectivity index (χ3v) is 0.879. The van der Waals surface area contributed by atoms with Crippen molar-refractivity contribution in [3.63, 3.8) is 0 Å². The van der Waals surface area contributed by atoms with Crippen LogP contribution in [0.1, 0.15) is 6.42 Å². The van der Waals surface area contributed by atoms with E-state index in [1.165, 1.54) is 0 Å². The lowest BCUT2D eigenvalue weighted by atomic mass is 10.5. The van der Waals surface area contributed by atoms with Gasteiger partial charge in [-0.3, -0.25) is 10.2 Å². The number of halogens is 1. The standard InChI is InChI=1S/C3H7BrN2O/c4-2-1-3(7)6-5/h1-2,5H2,(H,6,7). The molecular weight excluding hydrogens is 160 g/mol. The smallest absolute Gasteiger partial charge is 0.234 e. The summed E-state index contributed by atoms with van der Waals surface area (Å²) in [6, 6.07) is 0. The molecule has 4 heteroatoms. The molecule has 0 aromatic rings. The molecule has 0 aliphatic rings. The zero-order valence-electron chi connectivity index (χ0n) is 3.78. The zero-order valence-corrected chi connectivity index (χ0v) is 5.36. The van der Waals surface area contributed by atoms with E-state index in [2.05, 4.69) is 15.9 Å². The summed E-state index contributed by atoms with van der Waals surface area (Å²) in [5, 5.41) is 0.663. The third-order valence-electron chi connectivity index (χ3n) is 0.483. The molecule has 0 heterocycles. The average Bonchev–Trinajstić information content (AvgIpc) is 1.68. The Hall–Kier alpha value is -0.0900. The van der Waals surface area contributed by atoms with Crippen LogP contribution in [-0.2, 0) is 4.79 Å². The fourth-order valence-corrected chi connectivity index (χ4v) is 0.518. The van der Waals surface area contributed by atoms with Gasteiger partial charge in [0.1, 0.15) is 0 Å². The van der Waals surface area contributed by atoms with Crippen LogP contribution in [0.4, 0.5) is 0 Å². The van der Waals surface area contributed by atoms with E-state index in [9.17, 15) is 4.79 Å². The van der Waals surface area contributed by atoms with E-state index in [1.807, 2.05) is 5.43 Å².